The van der Waals surface area contributed by atoms with Gasteiger partial charge in [-0.2, -0.15) is 18.3 Å². The van der Waals surface area contributed by atoms with Crippen molar-refractivity contribution in [3.05, 3.63) is 82.8 Å². The van der Waals surface area contributed by atoms with Crippen LogP contribution >= 0.6 is 0 Å². The van der Waals surface area contributed by atoms with E-state index in [2.05, 4.69) is 20.9 Å². The zero-order chi connectivity index (χ0) is 44.6. The quantitative estimate of drug-likeness (QED) is 0.154. The molecule has 0 bridgehead atoms. The minimum Gasteiger partial charge on any atom is -0.386 e. The van der Waals surface area contributed by atoms with Crippen LogP contribution in [-0.4, -0.2) is 90.3 Å². The highest BCUT2D eigenvalue weighted by Gasteiger charge is 2.49. The van der Waals surface area contributed by atoms with Crippen LogP contribution in [-0.2, 0) is 26.2 Å². The van der Waals surface area contributed by atoms with Crippen molar-refractivity contribution in [1.29, 1.82) is 0 Å². The molecular formula is C45H47F3N8O7. The van der Waals surface area contributed by atoms with Gasteiger partial charge in [-0.05, 0) is 113 Å². The molecule has 63 heavy (non-hydrogen) atoms. The van der Waals surface area contributed by atoms with Crippen molar-refractivity contribution in [2.45, 2.75) is 108 Å². The second-order valence-corrected chi connectivity index (χ2v) is 18.2. The third-order valence-electron chi connectivity index (χ3n) is 13.6. The third-order valence-corrected chi connectivity index (χ3v) is 13.6. The van der Waals surface area contributed by atoms with E-state index in [-0.39, 0.29) is 59.0 Å². The van der Waals surface area contributed by atoms with Crippen molar-refractivity contribution >= 4 is 57.7 Å². The number of pyridine rings is 1. The molecule has 2 saturated carbocycles. The number of imide groups is 2. The number of likely N-dealkylation sites (tertiary alicyclic amines) is 1. The summed E-state index contributed by atoms with van der Waals surface area (Å²) in [6.45, 7) is 4.41. The highest BCUT2D eigenvalue weighted by atomic mass is 19.4. The molecule has 2 aromatic heterocycles. The van der Waals surface area contributed by atoms with Gasteiger partial charge in [0, 0.05) is 60.0 Å². The maximum atomic E-state index is 13.8. The monoisotopic (exact) mass is 868 g/mol. The largest absolute Gasteiger partial charge is 0.433 e. The number of aromatic nitrogens is 3. The fraction of sp³-hybridized carbons (Fsp3) is 0.467. The van der Waals surface area contributed by atoms with E-state index in [0.29, 0.717) is 48.1 Å². The summed E-state index contributed by atoms with van der Waals surface area (Å²) in [5, 5.41) is 24.8. The molecule has 4 fully saturated rings. The topological polar surface area (TPSA) is 196 Å². The molecule has 6 amide bonds. The zero-order valence-corrected chi connectivity index (χ0v) is 34.8. The third kappa shape index (κ3) is 7.93. The molecule has 2 saturated heterocycles. The number of anilines is 2. The Bertz CT molecular complexity index is 2560. The van der Waals surface area contributed by atoms with Crippen molar-refractivity contribution < 1.29 is 47.0 Å². The first-order valence-corrected chi connectivity index (χ1v) is 21.4. The number of alkyl halides is 3. The lowest BCUT2D eigenvalue weighted by atomic mass is 9.60. The lowest BCUT2D eigenvalue weighted by Crippen LogP contribution is -2.54. The van der Waals surface area contributed by atoms with E-state index in [1.54, 1.807) is 30.3 Å². The summed E-state index contributed by atoms with van der Waals surface area (Å²) in [6, 6.07) is 10.5. The molecule has 15 nitrogen and oxygen atoms in total. The molecule has 330 valence electrons. The summed E-state index contributed by atoms with van der Waals surface area (Å²) in [5.74, 6) is -2.96. The van der Waals surface area contributed by atoms with Gasteiger partial charge in [0.1, 0.15) is 17.4 Å². The predicted octanol–water partition coefficient (Wildman–Crippen LogP) is 5.95. The number of fused-ring (bicyclic) bond motifs is 2. The summed E-state index contributed by atoms with van der Waals surface area (Å²) < 4.78 is 41.7. The SMILES string of the molecule is CC(C)(O)c1cc2nn([C@H]3CC[C@H](C(=O)N4CCC5(CC4)CC(Nc4cccc6c4C(=O)N(C4CCC(=O)NC4=O)C6=O)C5)CC3)cc2cc1NC(=O)c1cccc(C(F)(F)F)n1. The van der Waals surface area contributed by atoms with E-state index < -0.39 is 58.7 Å². The number of hydrogen-bond acceptors (Lipinski definition) is 10. The Morgan fingerprint density at radius 1 is 0.905 bits per heavy atom. The van der Waals surface area contributed by atoms with Crippen LogP contribution < -0.4 is 16.0 Å². The Labute approximate surface area is 359 Å². The van der Waals surface area contributed by atoms with Crippen molar-refractivity contribution in [1.82, 2.24) is 29.9 Å². The van der Waals surface area contributed by atoms with Gasteiger partial charge >= 0.3 is 6.18 Å². The van der Waals surface area contributed by atoms with Crippen LogP contribution in [0, 0.1) is 11.3 Å². The van der Waals surface area contributed by atoms with Crippen molar-refractivity contribution in [3.8, 4) is 0 Å². The molecule has 9 rings (SSSR count). The Morgan fingerprint density at radius 3 is 2.30 bits per heavy atom. The van der Waals surface area contributed by atoms with Crippen LogP contribution in [0.5, 0.6) is 0 Å². The molecule has 0 radical (unpaired) electrons. The van der Waals surface area contributed by atoms with Crippen LogP contribution in [0.4, 0.5) is 24.5 Å². The summed E-state index contributed by atoms with van der Waals surface area (Å²) >= 11 is 0. The fourth-order valence-corrected chi connectivity index (χ4v) is 10.2. The van der Waals surface area contributed by atoms with Crippen LogP contribution in [0.1, 0.15) is 127 Å². The van der Waals surface area contributed by atoms with Gasteiger partial charge < -0.3 is 20.6 Å². The number of carbonyl (C=O) groups excluding carboxylic acids is 6. The zero-order valence-electron chi connectivity index (χ0n) is 34.8. The van der Waals surface area contributed by atoms with Crippen LogP contribution in [0.25, 0.3) is 10.9 Å². The first kappa shape index (κ1) is 42.1. The number of benzene rings is 2. The number of halogens is 3. The maximum absolute atomic E-state index is 13.8. The number of aliphatic hydroxyl groups is 1. The average molecular weight is 869 g/mol. The number of carbonyl (C=O) groups is 6. The first-order valence-electron chi connectivity index (χ1n) is 21.4. The molecule has 1 atom stereocenters. The van der Waals surface area contributed by atoms with E-state index in [1.807, 2.05) is 15.8 Å². The van der Waals surface area contributed by atoms with Gasteiger partial charge in [0.2, 0.25) is 17.7 Å². The number of amides is 6. The van der Waals surface area contributed by atoms with E-state index in [1.165, 1.54) is 19.9 Å². The predicted molar refractivity (Wildman–Crippen MR) is 221 cm³/mol. The number of nitrogens with zero attached hydrogens (tertiary/aromatic N) is 5. The van der Waals surface area contributed by atoms with Crippen LogP contribution in [0.3, 0.4) is 0 Å². The molecule has 4 N–H and O–H groups in total. The summed E-state index contributed by atoms with van der Waals surface area (Å²) in [4.78, 5) is 84.4. The Morgan fingerprint density at radius 2 is 1.62 bits per heavy atom. The summed E-state index contributed by atoms with van der Waals surface area (Å²) in [5.41, 5.74) is -0.798. The van der Waals surface area contributed by atoms with E-state index in [0.717, 1.165) is 55.6 Å². The molecular weight excluding hydrogens is 822 g/mol. The lowest BCUT2D eigenvalue weighted by Gasteiger charge is -2.53. The minimum absolute atomic E-state index is 0.0168. The van der Waals surface area contributed by atoms with Gasteiger partial charge in [-0.1, -0.05) is 12.1 Å². The molecule has 1 unspecified atom stereocenters. The Hall–Kier alpha value is -6.17. The number of piperidine rings is 2. The number of nitrogens with one attached hydrogen (secondary N) is 3. The number of hydrogen-bond donors (Lipinski definition) is 4. The van der Waals surface area contributed by atoms with Crippen LogP contribution in [0.2, 0.25) is 0 Å². The molecule has 2 aromatic carbocycles. The van der Waals surface area contributed by atoms with Gasteiger partial charge in [0.25, 0.3) is 17.7 Å². The molecule has 5 heterocycles. The van der Waals surface area contributed by atoms with Gasteiger partial charge in [0.05, 0.1) is 28.3 Å². The van der Waals surface area contributed by atoms with E-state index in [4.69, 9.17) is 5.10 Å². The Balaban J connectivity index is 0.782. The van der Waals surface area contributed by atoms with Crippen molar-refractivity contribution in [2.75, 3.05) is 23.7 Å². The highest BCUT2D eigenvalue weighted by molar-refractivity contribution is 6.25. The van der Waals surface area contributed by atoms with Gasteiger partial charge in [-0.3, -0.25) is 43.7 Å². The van der Waals surface area contributed by atoms with Crippen molar-refractivity contribution in [2.24, 2.45) is 11.3 Å². The molecule has 1 spiro atoms. The van der Waals surface area contributed by atoms with Gasteiger partial charge in [-0.25, -0.2) is 4.98 Å². The molecule has 2 aliphatic carbocycles. The van der Waals surface area contributed by atoms with Crippen molar-refractivity contribution in [3.63, 3.8) is 0 Å². The number of rotatable bonds is 8. The minimum atomic E-state index is -4.72. The van der Waals surface area contributed by atoms with E-state index >= 15 is 0 Å². The lowest BCUT2D eigenvalue weighted by molar-refractivity contribution is -0.141. The maximum Gasteiger partial charge on any atom is 0.433 e. The average Bonchev–Trinajstić information content (AvgIpc) is 3.77. The summed E-state index contributed by atoms with van der Waals surface area (Å²) in [6.07, 6.45) is 3.55. The molecule has 3 aliphatic heterocycles. The van der Waals surface area contributed by atoms with Gasteiger partial charge in [-0.15, -0.1) is 0 Å². The second-order valence-electron chi connectivity index (χ2n) is 18.2. The van der Waals surface area contributed by atoms with E-state index in [9.17, 15) is 47.0 Å². The second kappa shape index (κ2) is 15.6. The van der Waals surface area contributed by atoms with Gasteiger partial charge in [0.15, 0.2) is 0 Å². The standard InChI is InChI=1S/C45H47F3N8O7/c1-43(2,63)29-20-32-25(19-33(29)51-38(58)31-7-4-8-35(50-31)45(46,47)48)23-55(53-32)27-11-9-24(10-12-27)40(60)54-17-15-44(16-18-54)21-26(22-44)49-30-6-3-5-28-37(30)42(62)56(41(28)61)34-13-14-36(57)52-39(34)59/h3-8,19-20,23-24,26-27,34,49,63H,9-18,21-22H2,1-2H3,(H,51,58)(H,52,57,59)/t24-,27-,34?. The molecule has 5 aliphatic rings. The summed E-state index contributed by atoms with van der Waals surface area (Å²) in [7, 11) is 0. The Kier molecular flexibility index (Phi) is 10.4. The molecule has 4 aromatic rings. The normalized spacial score (nSPS) is 22.9. The fourth-order valence-electron chi connectivity index (χ4n) is 10.2. The van der Waals surface area contributed by atoms with Crippen LogP contribution in [0.15, 0.2) is 54.7 Å². The highest BCUT2D eigenvalue weighted by Crippen LogP contribution is 2.51. The first-order chi connectivity index (χ1) is 29.9. The smallest absolute Gasteiger partial charge is 0.386 e. The molecule has 18 heteroatoms.